The third kappa shape index (κ3) is 4.57. The van der Waals surface area contributed by atoms with Crippen LogP contribution in [0.25, 0.3) is 6.08 Å². The number of phenolic OH excluding ortho intramolecular Hbond substituents is 1. The summed E-state index contributed by atoms with van der Waals surface area (Å²) < 4.78 is 0. The van der Waals surface area contributed by atoms with Crippen LogP contribution in [0.2, 0.25) is 0 Å². The van der Waals surface area contributed by atoms with Crippen molar-refractivity contribution in [3.63, 3.8) is 0 Å². The second-order valence-corrected chi connectivity index (χ2v) is 4.58. The van der Waals surface area contributed by atoms with Gasteiger partial charge in [0.2, 0.25) is 5.70 Å². The van der Waals surface area contributed by atoms with Gasteiger partial charge in [-0.2, -0.15) is 0 Å². The molecule has 0 aliphatic rings. The minimum absolute atomic E-state index is 0.161. The Bertz CT molecular complexity index is 423. The highest BCUT2D eigenvalue weighted by Crippen LogP contribution is 2.20. The lowest BCUT2D eigenvalue weighted by Crippen LogP contribution is -2.04. The Labute approximate surface area is 107 Å². The molecule has 0 radical (unpaired) electrons. The van der Waals surface area contributed by atoms with E-state index in [1.165, 1.54) is 12.1 Å². The van der Waals surface area contributed by atoms with Crippen molar-refractivity contribution < 1.29 is 10.0 Å². The molecule has 0 amide bonds. The molecule has 0 fully saturated rings. The Kier molecular flexibility index (Phi) is 5.36. The van der Waals surface area contributed by atoms with Gasteiger partial charge in [0.1, 0.15) is 5.75 Å². The van der Waals surface area contributed by atoms with Gasteiger partial charge in [-0.3, -0.25) is 10.1 Å². The minimum atomic E-state index is -0.320. The number of phenols is 1. The number of rotatable bonds is 6. The van der Waals surface area contributed by atoms with Gasteiger partial charge >= 0.3 is 0 Å². The summed E-state index contributed by atoms with van der Waals surface area (Å²) in [5.41, 5.74) is 0.963. The van der Waals surface area contributed by atoms with Crippen molar-refractivity contribution >= 4 is 6.08 Å². The fourth-order valence-electron chi connectivity index (χ4n) is 1.90. The van der Waals surface area contributed by atoms with Crippen LogP contribution in [0.5, 0.6) is 5.75 Å². The maximum Gasteiger partial charge on any atom is 0.247 e. The van der Waals surface area contributed by atoms with E-state index in [-0.39, 0.29) is 16.4 Å². The van der Waals surface area contributed by atoms with Gasteiger partial charge in [0.05, 0.1) is 4.92 Å². The average Bonchev–Trinajstić information content (AvgIpc) is 2.31. The highest BCUT2D eigenvalue weighted by molar-refractivity contribution is 5.52. The summed E-state index contributed by atoms with van der Waals surface area (Å²) in [6, 6.07) is 6.39. The topological polar surface area (TPSA) is 63.4 Å². The van der Waals surface area contributed by atoms with Crippen LogP contribution in [-0.2, 0) is 0 Å². The molecule has 0 aliphatic carbocycles. The molecule has 1 atom stereocenters. The third-order valence-electron chi connectivity index (χ3n) is 2.80. The summed E-state index contributed by atoms with van der Waals surface area (Å²) in [5, 5.41) is 20.2. The highest BCUT2D eigenvalue weighted by Gasteiger charge is 2.15. The summed E-state index contributed by atoms with van der Waals surface area (Å²) in [7, 11) is 0. The molecule has 1 unspecified atom stereocenters. The predicted octanol–water partition coefficient (Wildman–Crippen LogP) is 3.84. The van der Waals surface area contributed by atoms with Crippen molar-refractivity contribution in [2.45, 2.75) is 33.1 Å². The minimum Gasteiger partial charge on any atom is -0.508 e. The van der Waals surface area contributed by atoms with E-state index in [2.05, 4.69) is 6.92 Å². The van der Waals surface area contributed by atoms with E-state index < -0.39 is 0 Å². The summed E-state index contributed by atoms with van der Waals surface area (Å²) in [6.07, 6.45) is 4.07. The quantitative estimate of drug-likeness (QED) is 0.615. The second-order valence-electron chi connectivity index (χ2n) is 4.58. The lowest BCUT2D eigenvalue weighted by atomic mass is 9.99. The van der Waals surface area contributed by atoms with E-state index in [4.69, 9.17) is 5.11 Å². The maximum atomic E-state index is 11.0. The summed E-state index contributed by atoms with van der Waals surface area (Å²) in [5.74, 6) is 0.470. The third-order valence-corrected chi connectivity index (χ3v) is 2.80. The van der Waals surface area contributed by atoms with Crippen LogP contribution >= 0.6 is 0 Å². The van der Waals surface area contributed by atoms with E-state index in [0.717, 1.165) is 18.4 Å². The van der Waals surface area contributed by atoms with E-state index >= 15 is 0 Å². The molecule has 0 saturated carbocycles. The Hall–Kier alpha value is -1.84. The standard InChI is InChI=1S/C14H19NO3/c1-3-4-11(2)9-13(15(17)18)10-12-5-7-14(16)8-6-12/h5-8,10-11,16H,3-4,9H2,1-2H3. The molecule has 1 aromatic rings. The number of allylic oxidation sites excluding steroid dienone is 1. The Morgan fingerprint density at radius 3 is 2.56 bits per heavy atom. The Morgan fingerprint density at radius 2 is 2.06 bits per heavy atom. The normalized spacial score (nSPS) is 13.3. The van der Waals surface area contributed by atoms with E-state index in [0.29, 0.717) is 12.3 Å². The summed E-state index contributed by atoms with van der Waals surface area (Å²) >= 11 is 0. The Morgan fingerprint density at radius 1 is 1.44 bits per heavy atom. The number of hydrogen-bond acceptors (Lipinski definition) is 3. The van der Waals surface area contributed by atoms with Crippen molar-refractivity contribution in [2.24, 2.45) is 5.92 Å². The van der Waals surface area contributed by atoms with Crippen LogP contribution < -0.4 is 0 Å². The second kappa shape index (κ2) is 6.79. The number of nitro groups is 1. The fourth-order valence-corrected chi connectivity index (χ4v) is 1.90. The zero-order valence-corrected chi connectivity index (χ0v) is 10.8. The van der Waals surface area contributed by atoms with Gasteiger partial charge in [0.25, 0.3) is 0 Å². The van der Waals surface area contributed by atoms with Crippen molar-refractivity contribution in [3.05, 3.63) is 45.6 Å². The molecular weight excluding hydrogens is 230 g/mol. The van der Waals surface area contributed by atoms with Gasteiger partial charge < -0.3 is 5.11 Å². The van der Waals surface area contributed by atoms with Gasteiger partial charge in [0, 0.05) is 12.5 Å². The molecule has 1 rings (SSSR count). The van der Waals surface area contributed by atoms with Crippen LogP contribution in [0, 0.1) is 16.0 Å². The first-order valence-electron chi connectivity index (χ1n) is 6.17. The van der Waals surface area contributed by atoms with E-state index in [1.54, 1.807) is 18.2 Å². The molecule has 1 N–H and O–H groups in total. The van der Waals surface area contributed by atoms with E-state index in [9.17, 15) is 10.1 Å². The molecule has 4 heteroatoms. The largest absolute Gasteiger partial charge is 0.508 e. The first-order valence-corrected chi connectivity index (χ1v) is 6.17. The maximum absolute atomic E-state index is 11.0. The molecule has 98 valence electrons. The van der Waals surface area contributed by atoms with Gasteiger partial charge in [0.15, 0.2) is 0 Å². The predicted molar refractivity (Wildman–Crippen MR) is 71.8 cm³/mol. The molecular formula is C14H19NO3. The zero-order chi connectivity index (χ0) is 13.5. The highest BCUT2D eigenvalue weighted by atomic mass is 16.6. The van der Waals surface area contributed by atoms with Gasteiger partial charge in [-0.25, -0.2) is 0 Å². The van der Waals surface area contributed by atoms with E-state index in [1.807, 2.05) is 6.92 Å². The first kappa shape index (κ1) is 14.2. The van der Waals surface area contributed by atoms with Gasteiger partial charge in [-0.15, -0.1) is 0 Å². The smallest absolute Gasteiger partial charge is 0.247 e. The zero-order valence-electron chi connectivity index (χ0n) is 10.8. The number of benzene rings is 1. The van der Waals surface area contributed by atoms with Crippen LogP contribution in [0.1, 0.15) is 38.7 Å². The van der Waals surface area contributed by atoms with Crippen molar-refractivity contribution in [1.82, 2.24) is 0 Å². The summed E-state index contributed by atoms with van der Waals surface area (Å²) in [4.78, 5) is 10.7. The molecule has 1 aromatic carbocycles. The molecule has 0 aromatic heterocycles. The number of hydrogen-bond donors (Lipinski definition) is 1. The van der Waals surface area contributed by atoms with Gasteiger partial charge in [-0.1, -0.05) is 38.8 Å². The van der Waals surface area contributed by atoms with Crippen molar-refractivity contribution in [3.8, 4) is 5.75 Å². The van der Waals surface area contributed by atoms with Crippen molar-refractivity contribution in [1.29, 1.82) is 0 Å². The molecule has 0 bridgehead atoms. The van der Waals surface area contributed by atoms with Crippen LogP contribution in [0.3, 0.4) is 0 Å². The monoisotopic (exact) mass is 249 g/mol. The molecule has 0 spiro atoms. The Balaban J connectivity index is 2.84. The molecule has 4 nitrogen and oxygen atoms in total. The number of aromatic hydroxyl groups is 1. The van der Waals surface area contributed by atoms with Crippen molar-refractivity contribution in [2.75, 3.05) is 0 Å². The molecule has 0 aliphatic heterocycles. The molecule has 0 saturated heterocycles. The summed E-state index contributed by atoms with van der Waals surface area (Å²) in [6.45, 7) is 4.10. The first-order chi connectivity index (χ1) is 8.52. The lowest BCUT2D eigenvalue weighted by molar-refractivity contribution is -0.427. The lowest BCUT2D eigenvalue weighted by Gasteiger charge is -2.07. The molecule has 18 heavy (non-hydrogen) atoms. The fraction of sp³-hybridized carbons (Fsp3) is 0.429. The SMILES string of the molecule is CCCC(C)CC(=Cc1ccc(O)cc1)[N+](=O)[O-]. The van der Waals surface area contributed by atoms with Crippen LogP contribution in [-0.4, -0.2) is 10.0 Å². The van der Waals surface area contributed by atoms with Crippen LogP contribution in [0.15, 0.2) is 30.0 Å². The van der Waals surface area contributed by atoms with Gasteiger partial charge in [-0.05, 0) is 23.6 Å². The average molecular weight is 249 g/mol. The number of nitrogens with zero attached hydrogens (tertiary/aromatic N) is 1. The van der Waals surface area contributed by atoms with Crippen LogP contribution in [0.4, 0.5) is 0 Å². The molecule has 0 heterocycles.